The Hall–Kier alpha value is -1.88. The van der Waals surface area contributed by atoms with E-state index in [0.29, 0.717) is 6.04 Å². The minimum Gasteiger partial charge on any atom is -0.353 e. The van der Waals surface area contributed by atoms with Gasteiger partial charge in [-0.15, -0.1) is 0 Å². The van der Waals surface area contributed by atoms with Gasteiger partial charge in [0, 0.05) is 43.8 Å². The van der Waals surface area contributed by atoms with E-state index >= 15 is 0 Å². The fourth-order valence-electron chi connectivity index (χ4n) is 4.66. The molecule has 0 radical (unpaired) electrons. The van der Waals surface area contributed by atoms with Crippen molar-refractivity contribution in [1.29, 1.82) is 0 Å². The minimum absolute atomic E-state index is 0.120. The van der Waals surface area contributed by atoms with Crippen molar-refractivity contribution in [2.24, 2.45) is 5.92 Å². The van der Waals surface area contributed by atoms with E-state index in [1.54, 1.807) is 0 Å². The maximum absolute atomic E-state index is 12.9. The zero-order valence-electron chi connectivity index (χ0n) is 17.6. The standard InChI is InChI=1S/C25H32ClN3O/c26-23-10-8-21(9-11-23)17-28-15-12-24(13-16-28)27-25(30)22-7-4-14-29(19-22)18-20-5-2-1-3-6-20/h1-3,5-6,8-11,22,24H,4,7,12-19H2,(H,27,30). The number of hydrogen-bond donors (Lipinski definition) is 1. The highest BCUT2D eigenvalue weighted by Gasteiger charge is 2.28. The molecular formula is C25H32ClN3O. The van der Waals surface area contributed by atoms with Crippen LogP contribution in [0.25, 0.3) is 0 Å². The average Bonchev–Trinajstić information content (AvgIpc) is 2.77. The largest absolute Gasteiger partial charge is 0.353 e. The molecule has 0 spiro atoms. The molecule has 2 fully saturated rings. The predicted molar refractivity (Wildman–Crippen MR) is 122 cm³/mol. The molecule has 0 aliphatic carbocycles. The first kappa shape index (κ1) is 21.4. The van der Waals surface area contributed by atoms with Gasteiger partial charge in [0.1, 0.15) is 0 Å². The summed E-state index contributed by atoms with van der Waals surface area (Å²) in [4.78, 5) is 17.8. The minimum atomic E-state index is 0.120. The zero-order valence-corrected chi connectivity index (χ0v) is 18.4. The van der Waals surface area contributed by atoms with Gasteiger partial charge in [-0.1, -0.05) is 54.1 Å². The quantitative estimate of drug-likeness (QED) is 0.748. The monoisotopic (exact) mass is 425 g/mol. The second kappa shape index (κ2) is 10.4. The van der Waals surface area contributed by atoms with Crippen molar-refractivity contribution in [3.8, 4) is 0 Å². The molecule has 2 aliphatic heterocycles. The number of likely N-dealkylation sites (tertiary alicyclic amines) is 2. The van der Waals surface area contributed by atoms with E-state index in [9.17, 15) is 4.79 Å². The van der Waals surface area contributed by atoms with Crippen molar-refractivity contribution in [1.82, 2.24) is 15.1 Å². The Morgan fingerprint density at radius 2 is 1.53 bits per heavy atom. The van der Waals surface area contributed by atoms with Gasteiger partial charge < -0.3 is 5.32 Å². The average molecular weight is 426 g/mol. The number of rotatable bonds is 6. The smallest absolute Gasteiger partial charge is 0.224 e. The van der Waals surface area contributed by atoms with Crippen LogP contribution in [0.2, 0.25) is 5.02 Å². The third-order valence-corrected chi connectivity index (χ3v) is 6.63. The fourth-order valence-corrected chi connectivity index (χ4v) is 4.78. The lowest BCUT2D eigenvalue weighted by molar-refractivity contribution is -0.127. The SMILES string of the molecule is O=C(NC1CCN(Cc2ccc(Cl)cc2)CC1)C1CCCN(Cc2ccccc2)C1. The summed E-state index contributed by atoms with van der Waals surface area (Å²) in [6.07, 6.45) is 4.16. The van der Waals surface area contributed by atoms with Gasteiger partial charge in [0.05, 0.1) is 5.92 Å². The lowest BCUT2D eigenvalue weighted by atomic mass is 9.95. The van der Waals surface area contributed by atoms with Gasteiger partial charge in [-0.2, -0.15) is 0 Å². The van der Waals surface area contributed by atoms with Crippen LogP contribution in [-0.4, -0.2) is 47.9 Å². The van der Waals surface area contributed by atoms with Crippen LogP contribution in [0.5, 0.6) is 0 Å². The van der Waals surface area contributed by atoms with E-state index < -0.39 is 0 Å². The molecule has 0 aromatic heterocycles. The normalized spacial score (nSPS) is 21.4. The molecule has 160 valence electrons. The number of nitrogens with one attached hydrogen (secondary N) is 1. The number of nitrogens with zero attached hydrogens (tertiary/aromatic N) is 2. The zero-order chi connectivity index (χ0) is 20.8. The summed E-state index contributed by atoms with van der Waals surface area (Å²) in [5.74, 6) is 0.374. The molecular weight excluding hydrogens is 394 g/mol. The number of piperidine rings is 2. The second-order valence-corrected chi connectivity index (χ2v) is 9.18. The van der Waals surface area contributed by atoms with Crippen LogP contribution in [0.3, 0.4) is 0 Å². The second-order valence-electron chi connectivity index (χ2n) is 8.75. The highest BCUT2D eigenvalue weighted by Crippen LogP contribution is 2.21. The molecule has 30 heavy (non-hydrogen) atoms. The van der Waals surface area contributed by atoms with E-state index in [0.717, 1.165) is 70.0 Å². The Morgan fingerprint density at radius 3 is 2.27 bits per heavy atom. The lowest BCUT2D eigenvalue weighted by Gasteiger charge is -2.35. The Bertz CT molecular complexity index is 803. The molecule has 0 saturated carbocycles. The highest BCUT2D eigenvalue weighted by molar-refractivity contribution is 6.30. The van der Waals surface area contributed by atoms with Gasteiger partial charge in [0.15, 0.2) is 0 Å². The Kier molecular flexibility index (Phi) is 7.42. The van der Waals surface area contributed by atoms with Crippen molar-refractivity contribution in [2.45, 2.75) is 44.8 Å². The van der Waals surface area contributed by atoms with Crippen LogP contribution in [0.4, 0.5) is 0 Å². The molecule has 2 saturated heterocycles. The Labute approximate surface area is 185 Å². The van der Waals surface area contributed by atoms with Gasteiger partial charge in [0.2, 0.25) is 5.91 Å². The Balaban J connectivity index is 1.21. The molecule has 1 amide bonds. The van der Waals surface area contributed by atoms with Crippen LogP contribution in [0, 0.1) is 5.92 Å². The van der Waals surface area contributed by atoms with Gasteiger partial charge in [-0.05, 0) is 55.5 Å². The Morgan fingerprint density at radius 1 is 0.867 bits per heavy atom. The summed E-state index contributed by atoms with van der Waals surface area (Å²) in [5, 5.41) is 4.14. The lowest BCUT2D eigenvalue weighted by Crippen LogP contribution is -2.49. The summed E-state index contributed by atoms with van der Waals surface area (Å²) in [6, 6.07) is 19.0. The van der Waals surface area contributed by atoms with Crippen molar-refractivity contribution in [2.75, 3.05) is 26.2 Å². The molecule has 2 aliphatic rings. The van der Waals surface area contributed by atoms with Gasteiger partial charge in [-0.25, -0.2) is 0 Å². The fraction of sp³-hybridized carbons (Fsp3) is 0.480. The topological polar surface area (TPSA) is 35.6 Å². The molecule has 5 heteroatoms. The van der Waals surface area contributed by atoms with E-state index in [1.807, 2.05) is 12.1 Å². The third kappa shape index (κ3) is 6.07. The van der Waals surface area contributed by atoms with E-state index in [4.69, 9.17) is 11.6 Å². The number of amides is 1. The molecule has 1 N–H and O–H groups in total. The summed E-state index contributed by atoms with van der Waals surface area (Å²) in [7, 11) is 0. The van der Waals surface area contributed by atoms with Crippen LogP contribution in [-0.2, 0) is 17.9 Å². The van der Waals surface area contributed by atoms with Crippen molar-refractivity contribution >= 4 is 17.5 Å². The molecule has 1 atom stereocenters. The molecule has 2 aromatic carbocycles. The van der Waals surface area contributed by atoms with E-state index in [1.165, 1.54) is 11.1 Å². The van der Waals surface area contributed by atoms with Crippen molar-refractivity contribution < 1.29 is 4.79 Å². The molecule has 2 aromatic rings. The predicted octanol–water partition coefficient (Wildman–Crippen LogP) is 4.33. The van der Waals surface area contributed by atoms with Crippen LogP contribution in [0.1, 0.15) is 36.8 Å². The van der Waals surface area contributed by atoms with Gasteiger partial charge in [0.25, 0.3) is 0 Å². The summed E-state index contributed by atoms with van der Waals surface area (Å²) >= 11 is 5.98. The first-order valence-electron chi connectivity index (χ1n) is 11.2. The highest BCUT2D eigenvalue weighted by atomic mass is 35.5. The molecule has 0 bridgehead atoms. The number of halogens is 1. The third-order valence-electron chi connectivity index (χ3n) is 6.38. The summed E-state index contributed by atoms with van der Waals surface area (Å²) < 4.78 is 0. The maximum atomic E-state index is 12.9. The van der Waals surface area contributed by atoms with Crippen LogP contribution < -0.4 is 5.32 Å². The van der Waals surface area contributed by atoms with Gasteiger partial charge >= 0.3 is 0 Å². The van der Waals surface area contributed by atoms with Crippen molar-refractivity contribution in [3.05, 3.63) is 70.7 Å². The van der Waals surface area contributed by atoms with Crippen molar-refractivity contribution in [3.63, 3.8) is 0 Å². The maximum Gasteiger partial charge on any atom is 0.224 e. The number of benzene rings is 2. The van der Waals surface area contributed by atoms with Crippen LogP contribution >= 0.6 is 11.6 Å². The molecule has 4 nitrogen and oxygen atoms in total. The van der Waals surface area contributed by atoms with E-state index in [-0.39, 0.29) is 11.8 Å². The van der Waals surface area contributed by atoms with Gasteiger partial charge in [-0.3, -0.25) is 14.6 Å². The number of hydrogen-bond acceptors (Lipinski definition) is 3. The first-order valence-corrected chi connectivity index (χ1v) is 11.6. The molecule has 1 unspecified atom stereocenters. The number of carbonyl (C=O) groups excluding carboxylic acids is 1. The number of carbonyl (C=O) groups is 1. The van der Waals surface area contributed by atoms with Crippen LogP contribution in [0.15, 0.2) is 54.6 Å². The molecule has 4 rings (SSSR count). The summed E-state index contributed by atoms with van der Waals surface area (Å²) in [6.45, 7) is 5.90. The first-order chi connectivity index (χ1) is 14.7. The van der Waals surface area contributed by atoms with E-state index in [2.05, 4.69) is 57.6 Å². The molecule has 2 heterocycles. The summed E-state index contributed by atoms with van der Waals surface area (Å²) in [5.41, 5.74) is 2.62.